The predicted molar refractivity (Wildman–Crippen MR) is 83.0 cm³/mol. The summed E-state index contributed by atoms with van der Waals surface area (Å²) in [7, 11) is 0. The minimum atomic E-state index is -0.0963. The molecule has 1 aromatic rings. The van der Waals surface area contributed by atoms with Crippen molar-refractivity contribution >= 4 is 18.3 Å². The number of hydrogen-bond donors (Lipinski definition) is 1. The van der Waals surface area contributed by atoms with E-state index in [1.807, 2.05) is 0 Å². The van der Waals surface area contributed by atoms with Gasteiger partial charge < -0.3 is 10.2 Å². The average molecular weight is 295 g/mol. The van der Waals surface area contributed by atoms with Gasteiger partial charge in [0.15, 0.2) is 0 Å². The number of likely N-dealkylation sites (tertiary alicyclic amines) is 1. The quantitative estimate of drug-likeness (QED) is 0.909. The van der Waals surface area contributed by atoms with Crippen LogP contribution < -0.4 is 5.32 Å². The Kier molecular flexibility index (Phi) is 4.71. The molecular weight excluding hydrogens is 272 g/mol. The van der Waals surface area contributed by atoms with Crippen LogP contribution in [0.2, 0.25) is 0 Å². The normalized spacial score (nSPS) is 25.9. The van der Waals surface area contributed by atoms with Gasteiger partial charge in [-0.25, -0.2) is 0 Å². The van der Waals surface area contributed by atoms with Crippen LogP contribution in [0.4, 0.5) is 0 Å². The molecule has 1 unspecified atom stereocenters. The number of carbonyl (C=O) groups is 1. The van der Waals surface area contributed by atoms with Crippen LogP contribution >= 0.6 is 12.4 Å². The molecule has 2 heterocycles. The van der Waals surface area contributed by atoms with Crippen LogP contribution in [-0.2, 0) is 11.3 Å². The van der Waals surface area contributed by atoms with Crippen LogP contribution in [0, 0.1) is 12.3 Å². The van der Waals surface area contributed by atoms with Gasteiger partial charge in [-0.1, -0.05) is 24.3 Å². The lowest BCUT2D eigenvalue weighted by Crippen LogP contribution is -2.45. The van der Waals surface area contributed by atoms with E-state index in [1.165, 1.54) is 11.1 Å². The minimum Gasteiger partial charge on any atom is -0.338 e. The topological polar surface area (TPSA) is 32.3 Å². The first kappa shape index (κ1) is 15.3. The van der Waals surface area contributed by atoms with E-state index in [2.05, 4.69) is 41.4 Å². The van der Waals surface area contributed by atoms with Crippen molar-refractivity contribution in [2.24, 2.45) is 5.41 Å². The minimum absolute atomic E-state index is 0. The number of piperidine rings is 1. The Labute approximate surface area is 127 Å². The van der Waals surface area contributed by atoms with E-state index in [4.69, 9.17) is 0 Å². The molecule has 3 rings (SSSR count). The van der Waals surface area contributed by atoms with Crippen molar-refractivity contribution in [3.63, 3.8) is 0 Å². The summed E-state index contributed by atoms with van der Waals surface area (Å²) in [5.41, 5.74) is 2.45. The van der Waals surface area contributed by atoms with Crippen LogP contribution in [0.15, 0.2) is 24.3 Å². The highest BCUT2D eigenvalue weighted by atomic mass is 35.5. The van der Waals surface area contributed by atoms with E-state index in [1.54, 1.807) is 0 Å². The largest absolute Gasteiger partial charge is 0.338 e. The Morgan fingerprint density at radius 2 is 2.10 bits per heavy atom. The molecule has 1 spiro atoms. The highest BCUT2D eigenvalue weighted by Crippen LogP contribution is 2.38. The summed E-state index contributed by atoms with van der Waals surface area (Å²) in [5.74, 6) is 0.364. The Hall–Kier alpha value is -1.06. The van der Waals surface area contributed by atoms with Gasteiger partial charge in [0.05, 0.1) is 5.41 Å². The van der Waals surface area contributed by atoms with E-state index in [0.29, 0.717) is 5.91 Å². The molecule has 0 radical (unpaired) electrons. The van der Waals surface area contributed by atoms with Crippen molar-refractivity contribution in [1.29, 1.82) is 0 Å². The number of nitrogens with zero attached hydrogens (tertiary/aromatic N) is 1. The second kappa shape index (κ2) is 6.15. The SMILES string of the molecule is Cc1ccccc1CN1CCC2(CCCNC2)C1=O.Cl. The van der Waals surface area contributed by atoms with Crippen LogP contribution in [-0.4, -0.2) is 30.4 Å². The number of halogens is 1. The maximum absolute atomic E-state index is 12.7. The van der Waals surface area contributed by atoms with Crippen molar-refractivity contribution in [3.8, 4) is 0 Å². The predicted octanol–water partition coefficient (Wildman–Crippen LogP) is 2.52. The molecule has 110 valence electrons. The van der Waals surface area contributed by atoms with E-state index in [-0.39, 0.29) is 17.8 Å². The lowest BCUT2D eigenvalue weighted by Gasteiger charge is -2.32. The van der Waals surface area contributed by atoms with Gasteiger partial charge >= 0.3 is 0 Å². The second-order valence-electron chi connectivity index (χ2n) is 5.96. The summed E-state index contributed by atoms with van der Waals surface area (Å²) in [5, 5.41) is 3.40. The van der Waals surface area contributed by atoms with E-state index in [9.17, 15) is 4.79 Å². The zero-order valence-electron chi connectivity index (χ0n) is 12.0. The molecule has 1 aromatic carbocycles. The fourth-order valence-corrected chi connectivity index (χ4v) is 3.40. The van der Waals surface area contributed by atoms with Crippen LogP contribution in [0.1, 0.15) is 30.4 Å². The summed E-state index contributed by atoms with van der Waals surface area (Å²) in [6, 6.07) is 8.36. The Bertz CT molecular complexity index is 483. The number of amides is 1. The number of aryl methyl sites for hydroxylation is 1. The summed E-state index contributed by atoms with van der Waals surface area (Å²) >= 11 is 0. The molecule has 2 aliphatic rings. The van der Waals surface area contributed by atoms with Gasteiger partial charge in [0.2, 0.25) is 5.91 Å². The lowest BCUT2D eigenvalue weighted by molar-refractivity contribution is -0.137. The van der Waals surface area contributed by atoms with Crippen LogP contribution in [0.5, 0.6) is 0 Å². The molecule has 0 bridgehead atoms. The Balaban J connectivity index is 0.00000147. The summed E-state index contributed by atoms with van der Waals surface area (Å²) in [4.78, 5) is 14.7. The Morgan fingerprint density at radius 1 is 1.30 bits per heavy atom. The number of nitrogens with one attached hydrogen (secondary N) is 1. The van der Waals surface area contributed by atoms with E-state index < -0.39 is 0 Å². The number of carbonyl (C=O) groups excluding carboxylic acids is 1. The third-order valence-electron chi connectivity index (χ3n) is 4.70. The van der Waals surface area contributed by atoms with Crippen molar-refractivity contribution in [2.45, 2.75) is 32.7 Å². The summed E-state index contributed by atoms with van der Waals surface area (Å²) in [6.45, 7) is 5.73. The highest BCUT2D eigenvalue weighted by molar-refractivity contribution is 5.85. The molecule has 2 aliphatic heterocycles. The molecule has 1 N–H and O–H groups in total. The van der Waals surface area contributed by atoms with Crippen molar-refractivity contribution < 1.29 is 4.79 Å². The molecule has 20 heavy (non-hydrogen) atoms. The molecular formula is C16H23ClN2O. The summed E-state index contributed by atoms with van der Waals surface area (Å²) < 4.78 is 0. The molecule has 1 amide bonds. The second-order valence-corrected chi connectivity index (χ2v) is 5.96. The zero-order valence-corrected chi connectivity index (χ0v) is 12.8. The zero-order chi connectivity index (χ0) is 13.3. The van der Waals surface area contributed by atoms with Gasteiger partial charge in [-0.3, -0.25) is 4.79 Å². The van der Waals surface area contributed by atoms with Gasteiger partial charge in [-0.2, -0.15) is 0 Å². The van der Waals surface area contributed by atoms with Crippen LogP contribution in [0.25, 0.3) is 0 Å². The average Bonchev–Trinajstić information content (AvgIpc) is 2.72. The molecule has 4 heteroatoms. The van der Waals surface area contributed by atoms with Crippen molar-refractivity contribution in [2.75, 3.05) is 19.6 Å². The van der Waals surface area contributed by atoms with Gasteiger partial charge in [-0.05, 0) is 43.9 Å². The third kappa shape index (κ3) is 2.70. The molecule has 2 fully saturated rings. The molecule has 2 saturated heterocycles. The molecule has 0 aliphatic carbocycles. The van der Waals surface area contributed by atoms with Crippen molar-refractivity contribution in [1.82, 2.24) is 10.2 Å². The number of rotatable bonds is 2. The standard InChI is InChI=1S/C16H22N2O.ClH/c1-13-5-2-3-6-14(13)11-18-10-8-16(15(18)19)7-4-9-17-12-16;/h2-3,5-6,17H,4,7-12H2,1H3;1H. The summed E-state index contributed by atoms with van der Waals surface area (Å²) in [6.07, 6.45) is 3.21. The first-order valence-electron chi connectivity index (χ1n) is 7.26. The van der Waals surface area contributed by atoms with Gasteiger partial charge in [0, 0.05) is 19.6 Å². The van der Waals surface area contributed by atoms with E-state index >= 15 is 0 Å². The maximum Gasteiger partial charge on any atom is 0.230 e. The molecule has 3 nitrogen and oxygen atoms in total. The number of benzene rings is 1. The number of hydrogen-bond acceptors (Lipinski definition) is 2. The molecule has 1 atom stereocenters. The molecule has 0 saturated carbocycles. The first-order valence-corrected chi connectivity index (χ1v) is 7.26. The van der Waals surface area contributed by atoms with Gasteiger partial charge in [-0.15, -0.1) is 12.4 Å². The fraction of sp³-hybridized carbons (Fsp3) is 0.562. The van der Waals surface area contributed by atoms with Gasteiger partial charge in [0.1, 0.15) is 0 Å². The highest BCUT2D eigenvalue weighted by Gasteiger charge is 2.46. The molecule has 0 aromatic heterocycles. The first-order chi connectivity index (χ1) is 9.21. The van der Waals surface area contributed by atoms with E-state index in [0.717, 1.165) is 45.4 Å². The fourth-order valence-electron chi connectivity index (χ4n) is 3.40. The lowest BCUT2D eigenvalue weighted by atomic mass is 9.79. The maximum atomic E-state index is 12.7. The Morgan fingerprint density at radius 3 is 2.80 bits per heavy atom. The van der Waals surface area contributed by atoms with Gasteiger partial charge in [0.25, 0.3) is 0 Å². The van der Waals surface area contributed by atoms with Crippen molar-refractivity contribution in [3.05, 3.63) is 35.4 Å². The monoisotopic (exact) mass is 294 g/mol. The smallest absolute Gasteiger partial charge is 0.230 e. The van der Waals surface area contributed by atoms with Crippen LogP contribution in [0.3, 0.4) is 0 Å². The third-order valence-corrected chi connectivity index (χ3v) is 4.70.